The second kappa shape index (κ2) is 11.9. The second-order valence-electron chi connectivity index (χ2n) is 7.36. The zero-order valence-corrected chi connectivity index (χ0v) is 16.2. The molecular weight excluding hydrogens is 320 g/mol. The number of rotatable bonds is 12. The molecule has 0 saturated heterocycles. The maximum atomic E-state index is 9.14. The van der Waals surface area contributed by atoms with Gasteiger partial charge in [-0.05, 0) is 60.8 Å². The Balaban J connectivity index is 1.76. The molecular formula is C24H34O2. The van der Waals surface area contributed by atoms with E-state index in [4.69, 9.17) is 10.2 Å². The minimum atomic E-state index is -0.000351. The molecule has 0 unspecified atom stereocenters. The van der Waals surface area contributed by atoms with Crippen molar-refractivity contribution in [3.63, 3.8) is 0 Å². The highest BCUT2D eigenvalue weighted by molar-refractivity contribution is 5.26. The van der Waals surface area contributed by atoms with Gasteiger partial charge in [0.05, 0.1) is 0 Å². The van der Waals surface area contributed by atoms with Gasteiger partial charge in [-0.15, -0.1) is 0 Å². The molecule has 0 aliphatic carbocycles. The maximum Gasteiger partial charge on any atom is 0.0481 e. The van der Waals surface area contributed by atoms with Crippen LogP contribution in [0.4, 0.5) is 0 Å². The lowest BCUT2D eigenvalue weighted by atomic mass is 9.98. The van der Waals surface area contributed by atoms with Crippen molar-refractivity contribution >= 4 is 0 Å². The van der Waals surface area contributed by atoms with E-state index in [1.807, 2.05) is 0 Å². The minimum Gasteiger partial charge on any atom is -0.396 e. The quantitative estimate of drug-likeness (QED) is 0.541. The third-order valence-corrected chi connectivity index (χ3v) is 5.17. The highest BCUT2D eigenvalue weighted by Crippen LogP contribution is 2.14. The highest BCUT2D eigenvalue weighted by Gasteiger charge is 2.06. The molecule has 0 heterocycles. The third kappa shape index (κ3) is 7.31. The van der Waals surface area contributed by atoms with Gasteiger partial charge in [0.25, 0.3) is 0 Å². The van der Waals surface area contributed by atoms with Crippen molar-refractivity contribution in [1.82, 2.24) is 0 Å². The molecule has 2 aromatic carbocycles. The number of aryl methyl sites for hydroxylation is 4. The van der Waals surface area contributed by atoms with E-state index in [9.17, 15) is 0 Å². The largest absolute Gasteiger partial charge is 0.396 e. The standard InChI is InChI=1S/C24H34O2/c1-2-3-4-5-20-6-8-21(9-7-20)10-11-22-12-14-23(15-13-22)16-17-24(18-25)19-26/h6-9,12-15,24-26H,2-5,10-11,16-19H2,1H3. The van der Waals surface area contributed by atoms with E-state index in [1.165, 1.54) is 47.9 Å². The summed E-state index contributed by atoms with van der Waals surface area (Å²) in [6.45, 7) is 2.37. The monoisotopic (exact) mass is 354 g/mol. The summed E-state index contributed by atoms with van der Waals surface area (Å²) in [6, 6.07) is 17.9. The molecule has 2 N–H and O–H groups in total. The van der Waals surface area contributed by atoms with E-state index in [0.29, 0.717) is 0 Å². The molecule has 2 rings (SSSR count). The zero-order chi connectivity index (χ0) is 18.6. The predicted octanol–water partition coefficient (Wildman–Crippen LogP) is 4.74. The van der Waals surface area contributed by atoms with E-state index in [-0.39, 0.29) is 19.1 Å². The van der Waals surface area contributed by atoms with Crippen LogP contribution in [0.5, 0.6) is 0 Å². The maximum absolute atomic E-state index is 9.14. The van der Waals surface area contributed by atoms with Crippen LogP contribution in [0.15, 0.2) is 48.5 Å². The fourth-order valence-corrected chi connectivity index (χ4v) is 3.22. The van der Waals surface area contributed by atoms with Gasteiger partial charge in [-0.1, -0.05) is 68.3 Å². The number of aliphatic hydroxyl groups is 2. The lowest BCUT2D eigenvalue weighted by Crippen LogP contribution is -2.11. The number of aliphatic hydroxyl groups excluding tert-OH is 2. The molecule has 0 atom stereocenters. The van der Waals surface area contributed by atoms with Gasteiger partial charge in [0.2, 0.25) is 0 Å². The van der Waals surface area contributed by atoms with Crippen LogP contribution in [-0.4, -0.2) is 23.4 Å². The van der Waals surface area contributed by atoms with Crippen molar-refractivity contribution in [1.29, 1.82) is 0 Å². The van der Waals surface area contributed by atoms with Crippen LogP contribution >= 0.6 is 0 Å². The molecule has 0 radical (unpaired) electrons. The van der Waals surface area contributed by atoms with Gasteiger partial charge in [0.15, 0.2) is 0 Å². The van der Waals surface area contributed by atoms with E-state index >= 15 is 0 Å². The molecule has 2 nitrogen and oxygen atoms in total. The van der Waals surface area contributed by atoms with Crippen LogP contribution in [0.2, 0.25) is 0 Å². The average molecular weight is 355 g/mol. The van der Waals surface area contributed by atoms with Crippen LogP contribution in [0.3, 0.4) is 0 Å². The first kappa shape index (κ1) is 20.7. The molecule has 0 amide bonds. The van der Waals surface area contributed by atoms with Gasteiger partial charge < -0.3 is 10.2 Å². The van der Waals surface area contributed by atoms with Crippen LogP contribution in [0.1, 0.15) is 54.9 Å². The van der Waals surface area contributed by atoms with Gasteiger partial charge in [0.1, 0.15) is 0 Å². The van der Waals surface area contributed by atoms with Crippen molar-refractivity contribution in [3.8, 4) is 0 Å². The molecule has 0 saturated carbocycles. The molecule has 2 aromatic rings. The van der Waals surface area contributed by atoms with Gasteiger partial charge in [-0.3, -0.25) is 0 Å². The van der Waals surface area contributed by atoms with E-state index in [1.54, 1.807) is 0 Å². The second-order valence-corrected chi connectivity index (χ2v) is 7.36. The fraction of sp³-hybridized carbons (Fsp3) is 0.500. The van der Waals surface area contributed by atoms with E-state index in [2.05, 4.69) is 55.5 Å². The fourth-order valence-electron chi connectivity index (χ4n) is 3.22. The first-order chi connectivity index (χ1) is 12.7. The Kier molecular flexibility index (Phi) is 9.44. The Morgan fingerprint density at radius 3 is 1.46 bits per heavy atom. The SMILES string of the molecule is CCCCCc1ccc(CCc2ccc(CCC(CO)CO)cc2)cc1. The van der Waals surface area contributed by atoms with Crippen LogP contribution in [0, 0.1) is 5.92 Å². The number of hydrogen-bond acceptors (Lipinski definition) is 2. The van der Waals surface area contributed by atoms with Crippen molar-refractivity contribution in [2.24, 2.45) is 5.92 Å². The zero-order valence-electron chi connectivity index (χ0n) is 16.2. The Morgan fingerprint density at radius 2 is 1.04 bits per heavy atom. The predicted molar refractivity (Wildman–Crippen MR) is 110 cm³/mol. The summed E-state index contributed by atoms with van der Waals surface area (Å²) >= 11 is 0. The molecule has 0 aromatic heterocycles. The highest BCUT2D eigenvalue weighted by atomic mass is 16.3. The summed E-state index contributed by atoms with van der Waals surface area (Å²) in [5.74, 6) is -0.000351. The van der Waals surface area contributed by atoms with Crippen molar-refractivity contribution in [3.05, 3.63) is 70.8 Å². The summed E-state index contributed by atoms with van der Waals surface area (Å²) in [7, 11) is 0. The topological polar surface area (TPSA) is 40.5 Å². The Labute approximate surface area is 158 Å². The lowest BCUT2D eigenvalue weighted by Gasteiger charge is -2.10. The van der Waals surface area contributed by atoms with Gasteiger partial charge >= 0.3 is 0 Å². The lowest BCUT2D eigenvalue weighted by molar-refractivity contribution is 0.144. The minimum absolute atomic E-state index is 0.000351. The normalized spacial score (nSPS) is 11.2. The molecule has 0 spiro atoms. The summed E-state index contributed by atoms with van der Waals surface area (Å²) in [5.41, 5.74) is 5.50. The van der Waals surface area contributed by atoms with Crippen molar-refractivity contribution in [2.45, 2.75) is 58.3 Å². The van der Waals surface area contributed by atoms with Crippen molar-refractivity contribution < 1.29 is 10.2 Å². The first-order valence-electron chi connectivity index (χ1n) is 10.1. The van der Waals surface area contributed by atoms with Gasteiger partial charge in [-0.25, -0.2) is 0 Å². The Hall–Kier alpha value is -1.64. The third-order valence-electron chi connectivity index (χ3n) is 5.17. The van der Waals surface area contributed by atoms with E-state index < -0.39 is 0 Å². The number of benzene rings is 2. The summed E-state index contributed by atoms with van der Waals surface area (Å²) in [4.78, 5) is 0. The Morgan fingerprint density at radius 1 is 0.615 bits per heavy atom. The molecule has 0 aliphatic rings. The smallest absolute Gasteiger partial charge is 0.0481 e. The molecule has 142 valence electrons. The summed E-state index contributed by atoms with van der Waals surface area (Å²) in [5, 5.41) is 18.3. The van der Waals surface area contributed by atoms with Crippen LogP contribution in [-0.2, 0) is 25.7 Å². The summed E-state index contributed by atoms with van der Waals surface area (Å²) < 4.78 is 0. The average Bonchev–Trinajstić information content (AvgIpc) is 2.69. The number of unbranched alkanes of at least 4 members (excludes halogenated alkanes) is 2. The summed E-state index contributed by atoms with van der Waals surface area (Å²) in [6.07, 6.45) is 8.96. The van der Waals surface area contributed by atoms with Crippen molar-refractivity contribution in [2.75, 3.05) is 13.2 Å². The Bertz CT molecular complexity index is 597. The first-order valence-corrected chi connectivity index (χ1v) is 10.1. The number of hydrogen-bond donors (Lipinski definition) is 2. The van der Waals surface area contributed by atoms with Gasteiger partial charge in [0, 0.05) is 19.1 Å². The molecule has 2 heteroatoms. The molecule has 0 fully saturated rings. The van der Waals surface area contributed by atoms with Gasteiger partial charge in [-0.2, -0.15) is 0 Å². The molecule has 0 bridgehead atoms. The van der Waals surface area contributed by atoms with Crippen LogP contribution in [0.25, 0.3) is 0 Å². The van der Waals surface area contributed by atoms with Crippen LogP contribution < -0.4 is 0 Å². The van der Waals surface area contributed by atoms with E-state index in [0.717, 1.165) is 25.7 Å². The molecule has 0 aliphatic heterocycles. The molecule has 26 heavy (non-hydrogen) atoms.